The van der Waals surface area contributed by atoms with Crippen molar-refractivity contribution in [3.8, 4) is 0 Å². The maximum Gasteiger partial charge on any atom is 0.302 e. The number of carbonyl (C=O) groups excluding carboxylic acids is 1. The van der Waals surface area contributed by atoms with Gasteiger partial charge in [-0.15, -0.1) is 0 Å². The van der Waals surface area contributed by atoms with Gasteiger partial charge in [-0.2, -0.15) is 0 Å². The molecule has 4 aliphatic carbocycles. The molecule has 10 atom stereocenters. The summed E-state index contributed by atoms with van der Waals surface area (Å²) in [4.78, 5) is 11.2. The molecule has 0 aromatic heterocycles. The fourth-order valence-electron chi connectivity index (χ4n) is 7.79. The average Bonchev–Trinajstić information content (AvgIpc) is 2.85. The highest BCUT2D eigenvalue weighted by Gasteiger charge is 2.70. The lowest BCUT2D eigenvalue weighted by Crippen LogP contribution is -2.65. The van der Waals surface area contributed by atoms with Crippen LogP contribution in [-0.2, 0) is 9.53 Å². The van der Waals surface area contributed by atoms with Crippen LogP contribution in [0.3, 0.4) is 0 Å². The third kappa shape index (κ3) is 2.80. The Hall–Kier alpha value is -1.21. The van der Waals surface area contributed by atoms with Crippen LogP contribution in [0.1, 0.15) is 53.4 Å². The molecule has 0 aromatic carbocycles. The third-order valence-electron chi connectivity index (χ3n) is 9.23. The molecule has 30 heavy (non-hydrogen) atoms. The molecule has 4 aliphatic rings. The zero-order valence-electron chi connectivity index (χ0n) is 18.4. The van der Waals surface area contributed by atoms with Crippen LogP contribution in [0.25, 0.3) is 0 Å². The molecule has 0 spiro atoms. The van der Waals surface area contributed by atoms with Crippen molar-refractivity contribution in [1.29, 1.82) is 0 Å². The molecule has 0 aliphatic heterocycles. The molecule has 0 saturated heterocycles. The predicted molar refractivity (Wildman–Crippen MR) is 111 cm³/mol. The normalized spacial score (nSPS) is 52.1. The molecule has 4 rings (SSSR count). The van der Waals surface area contributed by atoms with E-state index >= 15 is 0 Å². The van der Waals surface area contributed by atoms with Gasteiger partial charge in [0.15, 0.2) is 0 Å². The van der Waals surface area contributed by atoms with Crippen LogP contribution < -0.4 is 0 Å². The first-order valence-electron chi connectivity index (χ1n) is 11.3. The number of aliphatic hydroxyl groups excluding tert-OH is 3. The van der Waals surface area contributed by atoms with Crippen LogP contribution in [0, 0.1) is 34.5 Å². The Labute approximate surface area is 178 Å². The van der Waals surface area contributed by atoms with Crippen molar-refractivity contribution < 1.29 is 30.0 Å². The highest BCUT2D eigenvalue weighted by Crippen LogP contribution is 2.68. The van der Waals surface area contributed by atoms with E-state index in [2.05, 4.69) is 19.1 Å². The van der Waals surface area contributed by atoms with Gasteiger partial charge < -0.3 is 25.2 Å². The number of esters is 1. The Morgan fingerprint density at radius 1 is 1.27 bits per heavy atom. The van der Waals surface area contributed by atoms with E-state index in [1.165, 1.54) is 6.92 Å². The van der Waals surface area contributed by atoms with E-state index in [1.807, 2.05) is 19.9 Å². The van der Waals surface area contributed by atoms with Crippen LogP contribution in [0.4, 0.5) is 0 Å². The zero-order valence-corrected chi connectivity index (χ0v) is 18.4. The van der Waals surface area contributed by atoms with E-state index in [0.29, 0.717) is 19.3 Å². The number of hydrogen-bond acceptors (Lipinski definition) is 6. The lowest BCUT2D eigenvalue weighted by molar-refractivity contribution is -0.208. The highest BCUT2D eigenvalue weighted by molar-refractivity contribution is 5.65. The van der Waals surface area contributed by atoms with E-state index in [9.17, 15) is 25.2 Å². The van der Waals surface area contributed by atoms with Gasteiger partial charge in [0.25, 0.3) is 0 Å². The molecule has 0 unspecified atom stereocenters. The fraction of sp³-hybridized carbons (Fsp3) is 0.792. The average molecular weight is 421 g/mol. The van der Waals surface area contributed by atoms with Gasteiger partial charge in [0, 0.05) is 30.1 Å². The minimum atomic E-state index is -1.12. The van der Waals surface area contributed by atoms with Gasteiger partial charge >= 0.3 is 5.97 Å². The lowest BCUT2D eigenvalue weighted by Gasteiger charge is -2.62. The summed E-state index contributed by atoms with van der Waals surface area (Å²) < 4.78 is 5.13. The molecule has 0 radical (unpaired) electrons. The first-order chi connectivity index (χ1) is 14.0. The predicted octanol–water partition coefficient (Wildman–Crippen LogP) is 1.96. The Morgan fingerprint density at radius 2 is 1.97 bits per heavy atom. The number of rotatable bonds is 3. The summed E-state index contributed by atoms with van der Waals surface area (Å²) in [5, 5.41) is 45.5. The number of aliphatic hydroxyl groups is 4. The van der Waals surface area contributed by atoms with Crippen molar-refractivity contribution >= 4 is 5.97 Å². The van der Waals surface area contributed by atoms with Crippen molar-refractivity contribution in [3.05, 3.63) is 23.8 Å². The summed E-state index contributed by atoms with van der Waals surface area (Å²) in [6.07, 6.45) is 5.59. The van der Waals surface area contributed by atoms with Crippen molar-refractivity contribution in [3.63, 3.8) is 0 Å². The van der Waals surface area contributed by atoms with E-state index < -0.39 is 34.7 Å². The Balaban J connectivity index is 1.73. The maximum absolute atomic E-state index is 11.8. The first kappa shape index (κ1) is 22.0. The summed E-state index contributed by atoms with van der Waals surface area (Å²) in [5.74, 6) is -1.06. The summed E-state index contributed by atoms with van der Waals surface area (Å²) in [7, 11) is 0. The Morgan fingerprint density at radius 3 is 2.63 bits per heavy atom. The molecule has 0 amide bonds. The van der Waals surface area contributed by atoms with Crippen molar-refractivity contribution in [2.75, 3.05) is 6.61 Å². The third-order valence-corrected chi connectivity index (χ3v) is 9.23. The number of hydrogen-bond donors (Lipinski definition) is 4. The van der Waals surface area contributed by atoms with E-state index in [1.54, 1.807) is 0 Å². The monoisotopic (exact) mass is 420 g/mol. The van der Waals surface area contributed by atoms with Crippen LogP contribution in [0.15, 0.2) is 23.8 Å². The van der Waals surface area contributed by atoms with Gasteiger partial charge in [-0.05, 0) is 42.6 Å². The fourth-order valence-corrected chi connectivity index (χ4v) is 7.79. The number of allylic oxidation sites excluding steroid dienone is 3. The maximum atomic E-state index is 11.8. The quantitative estimate of drug-likeness (QED) is 0.411. The SMILES string of the molecule is CC(=O)OCC[C@@]1(O)[C@H](C)C[C@H]2[C@@H]3[C@@H](O)[C@@H](O)C4=CCC=C[C@]4(C)[C@H]3[C@@H](O)C[C@@]21C. The molecule has 0 aromatic rings. The minimum absolute atomic E-state index is 0.0541. The highest BCUT2D eigenvalue weighted by atomic mass is 16.5. The van der Waals surface area contributed by atoms with Gasteiger partial charge in [-0.3, -0.25) is 4.79 Å². The van der Waals surface area contributed by atoms with Crippen LogP contribution in [0.2, 0.25) is 0 Å². The Bertz CT molecular complexity index is 776. The van der Waals surface area contributed by atoms with Gasteiger partial charge in [0.2, 0.25) is 0 Å². The summed E-state index contributed by atoms with van der Waals surface area (Å²) in [5.41, 5.74) is -1.48. The molecule has 6 nitrogen and oxygen atoms in total. The van der Waals surface area contributed by atoms with Crippen molar-refractivity contribution in [2.24, 2.45) is 34.5 Å². The minimum Gasteiger partial charge on any atom is -0.466 e. The second-order valence-electron chi connectivity index (χ2n) is 10.6. The Kier molecular flexibility index (Phi) is 5.25. The van der Waals surface area contributed by atoms with E-state index in [4.69, 9.17) is 4.74 Å². The molecule has 0 bridgehead atoms. The van der Waals surface area contributed by atoms with Gasteiger partial charge in [-0.1, -0.05) is 39.0 Å². The molecule has 4 N–H and O–H groups in total. The molecule has 3 fully saturated rings. The van der Waals surface area contributed by atoms with Crippen molar-refractivity contribution in [2.45, 2.75) is 77.3 Å². The largest absolute Gasteiger partial charge is 0.466 e. The summed E-state index contributed by atoms with van der Waals surface area (Å²) in [6.45, 7) is 7.53. The van der Waals surface area contributed by atoms with Crippen LogP contribution in [0.5, 0.6) is 0 Å². The molecular weight excluding hydrogens is 384 g/mol. The standard InChI is InChI=1S/C24H36O6/c1-13-11-16-18-19(22(3)8-6-5-7-15(22)20(27)21(18)28)17(26)12-23(16,4)24(13,29)9-10-30-14(2)25/h6-8,13,16-21,26-29H,5,9-12H2,1-4H3/t13-,16+,17+,18+,19+,20+,21-,22+,23+,24-/m1/s1. The molecule has 3 saturated carbocycles. The zero-order chi connectivity index (χ0) is 22.1. The summed E-state index contributed by atoms with van der Waals surface area (Å²) in [6, 6.07) is 0. The van der Waals surface area contributed by atoms with Gasteiger partial charge in [0.05, 0.1) is 24.4 Å². The molecule has 6 heteroatoms. The number of carbonyl (C=O) groups is 1. The second-order valence-corrected chi connectivity index (χ2v) is 10.6. The van der Waals surface area contributed by atoms with E-state index in [-0.39, 0.29) is 36.2 Å². The molecular formula is C24H36O6. The topological polar surface area (TPSA) is 107 Å². The van der Waals surface area contributed by atoms with Crippen LogP contribution >= 0.6 is 0 Å². The lowest BCUT2D eigenvalue weighted by atomic mass is 9.45. The van der Waals surface area contributed by atoms with Gasteiger partial charge in [0.1, 0.15) is 6.10 Å². The number of ether oxygens (including phenoxy) is 1. The van der Waals surface area contributed by atoms with Gasteiger partial charge in [-0.25, -0.2) is 0 Å². The van der Waals surface area contributed by atoms with Crippen LogP contribution in [-0.4, -0.2) is 56.9 Å². The first-order valence-corrected chi connectivity index (χ1v) is 11.3. The molecule has 168 valence electrons. The smallest absolute Gasteiger partial charge is 0.302 e. The second kappa shape index (κ2) is 7.16. The summed E-state index contributed by atoms with van der Waals surface area (Å²) >= 11 is 0. The molecule has 0 heterocycles. The van der Waals surface area contributed by atoms with E-state index in [0.717, 1.165) is 12.0 Å². The van der Waals surface area contributed by atoms with Crippen molar-refractivity contribution in [1.82, 2.24) is 0 Å². The number of fused-ring (bicyclic) bond motifs is 5.